The SMILES string of the molecule is CCCCCSc1cc(OC)ccc1CN. The van der Waals surface area contributed by atoms with Crippen LogP contribution in [0.4, 0.5) is 0 Å². The minimum absolute atomic E-state index is 0.597. The van der Waals surface area contributed by atoms with Crippen LogP contribution in [0, 0.1) is 0 Å². The van der Waals surface area contributed by atoms with E-state index in [2.05, 4.69) is 19.1 Å². The molecule has 0 aliphatic rings. The summed E-state index contributed by atoms with van der Waals surface area (Å²) < 4.78 is 5.23. The summed E-state index contributed by atoms with van der Waals surface area (Å²) in [5, 5.41) is 0. The van der Waals surface area contributed by atoms with Crippen molar-refractivity contribution in [2.24, 2.45) is 5.73 Å². The number of hydrogen-bond donors (Lipinski definition) is 1. The van der Waals surface area contributed by atoms with Gasteiger partial charge in [0.15, 0.2) is 0 Å². The van der Waals surface area contributed by atoms with Crippen LogP contribution in [0.25, 0.3) is 0 Å². The number of rotatable bonds is 7. The maximum Gasteiger partial charge on any atom is 0.119 e. The van der Waals surface area contributed by atoms with Crippen molar-refractivity contribution in [3.8, 4) is 5.75 Å². The van der Waals surface area contributed by atoms with Gasteiger partial charge in [0.25, 0.3) is 0 Å². The molecule has 2 nitrogen and oxygen atoms in total. The summed E-state index contributed by atoms with van der Waals surface area (Å²) in [7, 11) is 1.70. The lowest BCUT2D eigenvalue weighted by molar-refractivity contribution is 0.413. The first-order chi connectivity index (χ1) is 7.81. The van der Waals surface area contributed by atoms with Crippen molar-refractivity contribution >= 4 is 11.8 Å². The van der Waals surface area contributed by atoms with E-state index < -0.39 is 0 Å². The molecule has 0 aliphatic carbocycles. The van der Waals surface area contributed by atoms with Gasteiger partial charge in [-0.15, -0.1) is 11.8 Å². The lowest BCUT2D eigenvalue weighted by Crippen LogP contribution is -1.99. The third-order valence-corrected chi connectivity index (χ3v) is 3.68. The molecule has 0 saturated carbocycles. The second-order valence-corrected chi connectivity index (χ2v) is 4.87. The van der Waals surface area contributed by atoms with Crippen molar-refractivity contribution in [1.29, 1.82) is 0 Å². The zero-order valence-electron chi connectivity index (χ0n) is 10.2. The predicted molar refractivity (Wildman–Crippen MR) is 71.1 cm³/mol. The molecule has 0 atom stereocenters. The largest absolute Gasteiger partial charge is 0.497 e. The number of methoxy groups -OCH3 is 1. The normalized spacial score (nSPS) is 10.4. The number of nitrogens with two attached hydrogens (primary N) is 1. The Morgan fingerprint density at radius 1 is 1.31 bits per heavy atom. The van der Waals surface area contributed by atoms with E-state index in [0.29, 0.717) is 6.54 Å². The van der Waals surface area contributed by atoms with Crippen LogP contribution in [0.5, 0.6) is 5.75 Å². The van der Waals surface area contributed by atoms with Gasteiger partial charge in [0.1, 0.15) is 5.75 Å². The fraction of sp³-hybridized carbons (Fsp3) is 0.538. The first-order valence-corrected chi connectivity index (χ1v) is 6.80. The summed E-state index contributed by atoms with van der Waals surface area (Å²) in [5.74, 6) is 2.07. The minimum atomic E-state index is 0.597. The van der Waals surface area contributed by atoms with Gasteiger partial charge in [-0.05, 0) is 29.9 Å². The highest BCUT2D eigenvalue weighted by molar-refractivity contribution is 7.99. The highest BCUT2D eigenvalue weighted by Crippen LogP contribution is 2.28. The number of thioether (sulfide) groups is 1. The van der Waals surface area contributed by atoms with E-state index in [1.54, 1.807) is 7.11 Å². The smallest absolute Gasteiger partial charge is 0.119 e. The van der Waals surface area contributed by atoms with Gasteiger partial charge in [-0.3, -0.25) is 0 Å². The molecule has 0 spiro atoms. The van der Waals surface area contributed by atoms with Gasteiger partial charge in [-0.25, -0.2) is 0 Å². The van der Waals surface area contributed by atoms with Crippen LogP contribution >= 0.6 is 11.8 Å². The molecule has 16 heavy (non-hydrogen) atoms. The van der Waals surface area contributed by atoms with Crippen LogP contribution < -0.4 is 10.5 Å². The lowest BCUT2D eigenvalue weighted by atomic mass is 10.2. The third-order valence-electron chi connectivity index (χ3n) is 2.50. The van der Waals surface area contributed by atoms with E-state index in [-0.39, 0.29) is 0 Å². The topological polar surface area (TPSA) is 35.2 Å². The third kappa shape index (κ3) is 4.06. The minimum Gasteiger partial charge on any atom is -0.497 e. The molecule has 0 radical (unpaired) electrons. The van der Waals surface area contributed by atoms with E-state index in [1.165, 1.54) is 29.7 Å². The van der Waals surface area contributed by atoms with Crippen molar-refractivity contribution in [1.82, 2.24) is 0 Å². The Kier molecular flexibility index (Phi) is 6.34. The Hall–Kier alpha value is -0.670. The standard InChI is InChI=1S/C13H21NOS/c1-3-4-5-8-16-13-9-12(15-2)7-6-11(13)10-14/h6-7,9H,3-5,8,10,14H2,1-2H3. The molecular formula is C13H21NOS. The zero-order chi connectivity index (χ0) is 11.8. The molecule has 1 aromatic rings. The lowest BCUT2D eigenvalue weighted by Gasteiger charge is -2.09. The number of hydrogen-bond acceptors (Lipinski definition) is 3. The fourth-order valence-corrected chi connectivity index (χ4v) is 2.60. The van der Waals surface area contributed by atoms with Crippen molar-refractivity contribution in [2.75, 3.05) is 12.9 Å². The Morgan fingerprint density at radius 2 is 2.12 bits per heavy atom. The van der Waals surface area contributed by atoms with Gasteiger partial charge < -0.3 is 10.5 Å². The highest BCUT2D eigenvalue weighted by Gasteiger charge is 2.03. The molecule has 1 aromatic carbocycles. The Bertz CT molecular complexity index is 315. The van der Waals surface area contributed by atoms with E-state index in [9.17, 15) is 0 Å². The van der Waals surface area contributed by atoms with Crippen LogP contribution in [-0.4, -0.2) is 12.9 Å². The Morgan fingerprint density at radius 3 is 2.75 bits per heavy atom. The van der Waals surface area contributed by atoms with Crippen LogP contribution in [0.3, 0.4) is 0 Å². The average molecular weight is 239 g/mol. The molecule has 0 saturated heterocycles. The fourth-order valence-electron chi connectivity index (χ4n) is 1.50. The summed E-state index contributed by atoms with van der Waals surface area (Å²) in [6.07, 6.45) is 3.83. The number of ether oxygens (including phenoxy) is 1. The van der Waals surface area contributed by atoms with E-state index in [4.69, 9.17) is 10.5 Å². The zero-order valence-corrected chi connectivity index (χ0v) is 11.0. The van der Waals surface area contributed by atoms with Crippen molar-refractivity contribution < 1.29 is 4.74 Å². The summed E-state index contributed by atoms with van der Waals surface area (Å²) in [5.41, 5.74) is 6.93. The maximum atomic E-state index is 5.72. The second kappa shape index (κ2) is 7.58. The van der Waals surface area contributed by atoms with Gasteiger partial charge in [0, 0.05) is 11.4 Å². The predicted octanol–water partition coefficient (Wildman–Crippen LogP) is 3.44. The van der Waals surface area contributed by atoms with Crippen LogP contribution in [-0.2, 0) is 6.54 Å². The summed E-state index contributed by atoms with van der Waals surface area (Å²) in [6.45, 7) is 2.82. The Balaban J connectivity index is 2.60. The van der Waals surface area contributed by atoms with Crippen molar-refractivity contribution in [3.05, 3.63) is 23.8 Å². The summed E-state index contributed by atoms with van der Waals surface area (Å²) in [4.78, 5) is 1.26. The summed E-state index contributed by atoms with van der Waals surface area (Å²) in [6, 6.07) is 6.11. The molecule has 0 heterocycles. The molecule has 2 N–H and O–H groups in total. The molecule has 0 aliphatic heterocycles. The van der Waals surface area contributed by atoms with E-state index in [1.807, 2.05) is 17.8 Å². The second-order valence-electron chi connectivity index (χ2n) is 3.73. The molecule has 0 amide bonds. The van der Waals surface area contributed by atoms with E-state index >= 15 is 0 Å². The van der Waals surface area contributed by atoms with E-state index in [0.717, 1.165) is 11.5 Å². The molecule has 0 bridgehead atoms. The molecular weight excluding hydrogens is 218 g/mol. The van der Waals surface area contributed by atoms with Crippen LogP contribution in [0.1, 0.15) is 31.7 Å². The van der Waals surface area contributed by atoms with Crippen molar-refractivity contribution in [2.45, 2.75) is 37.6 Å². The monoisotopic (exact) mass is 239 g/mol. The van der Waals surface area contributed by atoms with Gasteiger partial charge in [0.05, 0.1) is 7.11 Å². The molecule has 90 valence electrons. The number of benzene rings is 1. The number of unbranched alkanes of at least 4 members (excludes halogenated alkanes) is 2. The van der Waals surface area contributed by atoms with Gasteiger partial charge in [-0.2, -0.15) is 0 Å². The van der Waals surface area contributed by atoms with Crippen LogP contribution in [0.2, 0.25) is 0 Å². The van der Waals surface area contributed by atoms with Gasteiger partial charge in [0.2, 0.25) is 0 Å². The van der Waals surface area contributed by atoms with Gasteiger partial charge in [-0.1, -0.05) is 25.8 Å². The molecule has 3 heteroatoms. The van der Waals surface area contributed by atoms with Crippen LogP contribution in [0.15, 0.2) is 23.1 Å². The van der Waals surface area contributed by atoms with Gasteiger partial charge >= 0.3 is 0 Å². The molecule has 0 fully saturated rings. The highest BCUT2D eigenvalue weighted by atomic mass is 32.2. The average Bonchev–Trinajstić information content (AvgIpc) is 2.34. The maximum absolute atomic E-state index is 5.72. The first-order valence-electron chi connectivity index (χ1n) is 5.81. The van der Waals surface area contributed by atoms with Crippen molar-refractivity contribution in [3.63, 3.8) is 0 Å². The molecule has 0 aromatic heterocycles. The summed E-state index contributed by atoms with van der Waals surface area (Å²) >= 11 is 1.88. The first kappa shape index (κ1) is 13.4. The Labute approximate surface area is 103 Å². The molecule has 0 unspecified atom stereocenters. The quantitative estimate of drug-likeness (QED) is 0.585. The molecule has 1 rings (SSSR count).